The summed E-state index contributed by atoms with van der Waals surface area (Å²) in [7, 11) is 0. The normalized spacial score (nSPS) is 9.85. The quantitative estimate of drug-likeness (QED) is 0.640. The zero-order valence-corrected chi connectivity index (χ0v) is 8.72. The Morgan fingerprint density at radius 1 is 1.31 bits per heavy atom. The second-order valence-corrected chi connectivity index (χ2v) is 2.57. The number of halogens is 2. The Morgan fingerprint density at radius 3 is 2.00 bits per heavy atom. The van der Waals surface area contributed by atoms with E-state index in [1.807, 2.05) is 19.9 Å². The van der Waals surface area contributed by atoms with Crippen LogP contribution in [-0.4, -0.2) is 30.5 Å². The molecule has 78 valence electrons. The van der Waals surface area contributed by atoms with E-state index in [9.17, 15) is 8.78 Å². The molecule has 0 unspecified atom stereocenters. The molecule has 0 saturated heterocycles. The lowest BCUT2D eigenvalue weighted by atomic mass is 10.3. The van der Waals surface area contributed by atoms with Crippen molar-refractivity contribution in [3.05, 3.63) is 0 Å². The molecule has 0 N–H and O–H groups in total. The minimum absolute atomic E-state index is 0.00338. The number of hydrogen-bond donors (Lipinski definition) is 0. The maximum atomic E-state index is 11.8. The Labute approximate surface area is 79.1 Å². The van der Waals surface area contributed by atoms with Crippen molar-refractivity contribution < 1.29 is 8.78 Å². The lowest BCUT2D eigenvalue weighted by Crippen LogP contribution is -2.35. The summed E-state index contributed by atoms with van der Waals surface area (Å²) < 4.78 is 23.6. The summed E-state index contributed by atoms with van der Waals surface area (Å²) in [6, 6.07) is 1.85. The third-order valence-electron chi connectivity index (χ3n) is 1.38. The van der Waals surface area contributed by atoms with Gasteiger partial charge in [0.15, 0.2) is 0 Å². The zero-order valence-electron chi connectivity index (χ0n) is 8.72. The van der Waals surface area contributed by atoms with E-state index in [1.165, 1.54) is 4.90 Å². The van der Waals surface area contributed by atoms with Gasteiger partial charge in [0, 0.05) is 6.04 Å². The maximum Gasteiger partial charge on any atom is 0.251 e. The average molecular weight is 192 g/mol. The van der Waals surface area contributed by atoms with Gasteiger partial charge in [-0.3, -0.25) is 4.90 Å². The molecule has 2 nitrogen and oxygen atoms in total. The van der Waals surface area contributed by atoms with Gasteiger partial charge in [-0.15, -0.1) is 0 Å². The number of nitriles is 1. The van der Waals surface area contributed by atoms with Crippen LogP contribution in [0.5, 0.6) is 0 Å². The first-order valence-corrected chi connectivity index (χ1v) is 4.47. The van der Waals surface area contributed by atoms with E-state index in [1.54, 1.807) is 13.8 Å². The van der Waals surface area contributed by atoms with Gasteiger partial charge < -0.3 is 0 Å². The van der Waals surface area contributed by atoms with Crippen molar-refractivity contribution in [3.63, 3.8) is 0 Å². The Kier molecular flexibility index (Phi) is 10.7. The molecule has 0 aromatic rings. The van der Waals surface area contributed by atoms with Crippen molar-refractivity contribution >= 4 is 0 Å². The summed E-state index contributed by atoms with van der Waals surface area (Å²) in [6.45, 7) is 7.34. The molecular formula is C9H18F2N2. The summed E-state index contributed by atoms with van der Waals surface area (Å²) in [6.07, 6.45) is -2.36. The predicted octanol–water partition coefficient (Wildman–Crippen LogP) is 2.51. The molecule has 0 aromatic carbocycles. The largest absolute Gasteiger partial charge is 0.282 e. The Morgan fingerprint density at radius 2 is 1.77 bits per heavy atom. The van der Waals surface area contributed by atoms with Gasteiger partial charge >= 0.3 is 0 Å². The van der Waals surface area contributed by atoms with Crippen LogP contribution in [-0.2, 0) is 0 Å². The van der Waals surface area contributed by atoms with Crippen molar-refractivity contribution in [2.24, 2.45) is 0 Å². The molecule has 0 rings (SSSR count). The molecular weight excluding hydrogens is 174 g/mol. The van der Waals surface area contributed by atoms with Crippen LogP contribution >= 0.6 is 0 Å². The number of alkyl halides is 2. The smallest absolute Gasteiger partial charge is 0.251 e. The summed E-state index contributed by atoms with van der Waals surface area (Å²) in [5.74, 6) is 0. The van der Waals surface area contributed by atoms with Gasteiger partial charge in [-0.2, -0.15) is 5.26 Å². The van der Waals surface area contributed by atoms with Crippen LogP contribution in [0.1, 0.15) is 27.7 Å². The molecule has 13 heavy (non-hydrogen) atoms. The van der Waals surface area contributed by atoms with E-state index >= 15 is 0 Å². The van der Waals surface area contributed by atoms with Crippen molar-refractivity contribution in [1.82, 2.24) is 4.90 Å². The van der Waals surface area contributed by atoms with Crippen LogP contribution in [0, 0.1) is 11.3 Å². The molecule has 0 aliphatic carbocycles. The first-order chi connectivity index (χ1) is 6.07. The lowest BCUT2D eigenvalue weighted by molar-refractivity contribution is 0.0807. The SMILES string of the molecule is CC.CC(C)N(CC#N)CC(F)F. The fourth-order valence-corrected chi connectivity index (χ4v) is 0.726. The highest BCUT2D eigenvalue weighted by atomic mass is 19.3. The first kappa shape index (κ1) is 14.8. The first-order valence-electron chi connectivity index (χ1n) is 4.47. The predicted molar refractivity (Wildman–Crippen MR) is 49.7 cm³/mol. The van der Waals surface area contributed by atoms with Gasteiger partial charge in [0.05, 0.1) is 19.2 Å². The fourth-order valence-electron chi connectivity index (χ4n) is 0.726. The summed E-state index contributed by atoms with van der Waals surface area (Å²) >= 11 is 0. The second kappa shape index (κ2) is 9.40. The molecule has 0 aromatic heterocycles. The van der Waals surface area contributed by atoms with Crippen LogP contribution in [0.25, 0.3) is 0 Å². The highest BCUT2D eigenvalue weighted by Crippen LogP contribution is 2.02. The van der Waals surface area contributed by atoms with Gasteiger partial charge in [-0.1, -0.05) is 13.8 Å². The van der Waals surface area contributed by atoms with Gasteiger partial charge in [-0.05, 0) is 13.8 Å². The van der Waals surface area contributed by atoms with E-state index in [0.717, 1.165) is 0 Å². The molecule has 4 heteroatoms. The molecule has 0 spiro atoms. The van der Waals surface area contributed by atoms with Crippen LogP contribution in [0.4, 0.5) is 8.78 Å². The van der Waals surface area contributed by atoms with Crippen molar-refractivity contribution in [2.75, 3.05) is 13.1 Å². The fraction of sp³-hybridized carbons (Fsp3) is 0.889. The third kappa shape index (κ3) is 9.22. The van der Waals surface area contributed by atoms with Gasteiger partial charge in [0.2, 0.25) is 0 Å². The van der Waals surface area contributed by atoms with Gasteiger partial charge in [-0.25, -0.2) is 8.78 Å². The molecule has 0 radical (unpaired) electrons. The van der Waals surface area contributed by atoms with Gasteiger partial charge in [0.1, 0.15) is 0 Å². The third-order valence-corrected chi connectivity index (χ3v) is 1.38. The lowest BCUT2D eigenvalue weighted by Gasteiger charge is -2.22. The van der Waals surface area contributed by atoms with Gasteiger partial charge in [0.25, 0.3) is 6.43 Å². The van der Waals surface area contributed by atoms with E-state index in [0.29, 0.717) is 0 Å². The summed E-state index contributed by atoms with van der Waals surface area (Å²) in [4.78, 5) is 1.44. The Balaban J connectivity index is 0. The van der Waals surface area contributed by atoms with Crippen molar-refractivity contribution in [2.45, 2.75) is 40.2 Å². The standard InChI is InChI=1S/C7H12F2N2.C2H6/c1-6(2)11(4-3-10)5-7(8)9;1-2/h6-7H,4-5H2,1-2H3;1-2H3. The molecule has 0 fully saturated rings. The molecule has 0 bridgehead atoms. The molecule has 0 atom stereocenters. The minimum Gasteiger partial charge on any atom is -0.282 e. The number of hydrogen-bond acceptors (Lipinski definition) is 2. The summed E-state index contributed by atoms with van der Waals surface area (Å²) in [5.41, 5.74) is 0. The molecule has 0 aliphatic heterocycles. The average Bonchev–Trinajstić information content (AvgIpc) is 2.06. The minimum atomic E-state index is -2.36. The second-order valence-electron chi connectivity index (χ2n) is 2.57. The van der Waals surface area contributed by atoms with Crippen LogP contribution in [0.15, 0.2) is 0 Å². The van der Waals surface area contributed by atoms with E-state index in [4.69, 9.17) is 5.26 Å². The molecule has 0 aliphatic rings. The van der Waals surface area contributed by atoms with Crippen molar-refractivity contribution in [1.29, 1.82) is 5.26 Å². The van der Waals surface area contributed by atoms with E-state index in [2.05, 4.69) is 0 Å². The Hall–Kier alpha value is -0.690. The number of nitrogens with zero attached hydrogens (tertiary/aromatic N) is 2. The highest BCUT2D eigenvalue weighted by Gasteiger charge is 2.13. The molecule has 0 amide bonds. The highest BCUT2D eigenvalue weighted by molar-refractivity contribution is 4.78. The summed E-state index contributed by atoms with van der Waals surface area (Å²) in [5, 5.41) is 8.26. The van der Waals surface area contributed by atoms with E-state index < -0.39 is 6.43 Å². The van der Waals surface area contributed by atoms with Crippen LogP contribution in [0.2, 0.25) is 0 Å². The van der Waals surface area contributed by atoms with Crippen LogP contribution < -0.4 is 0 Å². The van der Waals surface area contributed by atoms with Crippen molar-refractivity contribution in [3.8, 4) is 6.07 Å². The Bertz CT molecular complexity index is 141. The molecule has 0 heterocycles. The van der Waals surface area contributed by atoms with Crippen LogP contribution in [0.3, 0.4) is 0 Å². The monoisotopic (exact) mass is 192 g/mol. The van der Waals surface area contributed by atoms with E-state index in [-0.39, 0.29) is 19.1 Å². The molecule has 0 saturated carbocycles. The zero-order chi connectivity index (χ0) is 10.9. The number of rotatable bonds is 4. The maximum absolute atomic E-state index is 11.8. The topological polar surface area (TPSA) is 27.0 Å².